The summed E-state index contributed by atoms with van der Waals surface area (Å²) in [5.41, 5.74) is 4.60. The SMILES string of the molecule is COc1cc(/C=C2\SC(=S)N(NC(=O)c3ccccc3)C2=O)cc(Cl)c1OCc1ccccc1. The van der Waals surface area contributed by atoms with E-state index in [-0.39, 0.29) is 4.32 Å². The van der Waals surface area contributed by atoms with E-state index >= 15 is 0 Å². The Morgan fingerprint density at radius 3 is 2.47 bits per heavy atom. The molecule has 4 rings (SSSR count). The molecule has 0 aromatic heterocycles. The lowest BCUT2D eigenvalue weighted by Crippen LogP contribution is -2.44. The molecule has 9 heteroatoms. The van der Waals surface area contributed by atoms with Crippen molar-refractivity contribution in [2.45, 2.75) is 6.61 Å². The van der Waals surface area contributed by atoms with Gasteiger partial charge in [-0.3, -0.25) is 15.0 Å². The molecule has 0 radical (unpaired) electrons. The molecule has 0 bridgehead atoms. The highest BCUT2D eigenvalue weighted by Gasteiger charge is 2.34. The largest absolute Gasteiger partial charge is 0.493 e. The fourth-order valence-electron chi connectivity index (χ4n) is 3.16. The van der Waals surface area contributed by atoms with E-state index in [0.29, 0.717) is 39.2 Å². The van der Waals surface area contributed by atoms with E-state index in [9.17, 15) is 9.59 Å². The van der Waals surface area contributed by atoms with Gasteiger partial charge in [0.05, 0.1) is 17.0 Å². The molecule has 1 fully saturated rings. The van der Waals surface area contributed by atoms with Gasteiger partial charge in [-0.05, 0) is 53.7 Å². The number of carbonyl (C=O) groups excluding carboxylic acids is 2. The minimum atomic E-state index is -0.432. The first-order valence-corrected chi connectivity index (χ1v) is 11.7. The summed E-state index contributed by atoms with van der Waals surface area (Å²) in [6, 6.07) is 21.7. The van der Waals surface area contributed by atoms with Crippen molar-refractivity contribution in [2.75, 3.05) is 7.11 Å². The van der Waals surface area contributed by atoms with Crippen LogP contribution in [0.2, 0.25) is 5.02 Å². The lowest BCUT2D eigenvalue weighted by atomic mass is 10.1. The highest BCUT2D eigenvalue weighted by molar-refractivity contribution is 8.26. The van der Waals surface area contributed by atoms with Crippen LogP contribution in [0.5, 0.6) is 11.5 Å². The maximum atomic E-state index is 12.9. The van der Waals surface area contributed by atoms with E-state index in [1.165, 1.54) is 7.11 Å². The Morgan fingerprint density at radius 1 is 1.12 bits per heavy atom. The van der Waals surface area contributed by atoms with E-state index in [1.54, 1.807) is 48.5 Å². The molecule has 1 heterocycles. The molecule has 2 amide bonds. The predicted molar refractivity (Wildman–Crippen MR) is 138 cm³/mol. The summed E-state index contributed by atoms with van der Waals surface area (Å²) in [6.45, 7) is 0.329. The van der Waals surface area contributed by atoms with Crippen molar-refractivity contribution in [3.8, 4) is 11.5 Å². The molecule has 1 saturated heterocycles. The van der Waals surface area contributed by atoms with E-state index in [1.807, 2.05) is 30.3 Å². The monoisotopic (exact) mass is 510 g/mol. The molecule has 1 aliphatic heterocycles. The number of hydrazine groups is 1. The van der Waals surface area contributed by atoms with Crippen LogP contribution >= 0.6 is 35.6 Å². The van der Waals surface area contributed by atoms with Crippen molar-refractivity contribution in [2.24, 2.45) is 0 Å². The van der Waals surface area contributed by atoms with Crippen molar-refractivity contribution in [1.29, 1.82) is 0 Å². The predicted octanol–water partition coefficient (Wildman–Crippen LogP) is 5.47. The number of ether oxygens (including phenoxy) is 2. The zero-order valence-electron chi connectivity index (χ0n) is 18.0. The van der Waals surface area contributed by atoms with Crippen LogP contribution in [0.15, 0.2) is 77.7 Å². The highest BCUT2D eigenvalue weighted by Crippen LogP contribution is 2.39. The molecule has 0 saturated carbocycles. The minimum absolute atomic E-state index is 0.224. The molecule has 1 N–H and O–H groups in total. The second-order valence-corrected chi connectivity index (χ2v) is 9.22. The lowest BCUT2D eigenvalue weighted by molar-refractivity contribution is -0.123. The summed E-state index contributed by atoms with van der Waals surface area (Å²) in [4.78, 5) is 25.7. The summed E-state index contributed by atoms with van der Waals surface area (Å²) in [7, 11) is 1.52. The van der Waals surface area contributed by atoms with Crippen LogP contribution in [-0.2, 0) is 11.4 Å². The molecule has 3 aromatic carbocycles. The van der Waals surface area contributed by atoms with Gasteiger partial charge in [0.1, 0.15) is 6.61 Å². The first-order valence-electron chi connectivity index (χ1n) is 10.1. The van der Waals surface area contributed by atoms with Gasteiger partial charge in [0.15, 0.2) is 15.8 Å². The lowest BCUT2D eigenvalue weighted by Gasteiger charge is -2.15. The zero-order valence-corrected chi connectivity index (χ0v) is 20.4. The number of thiocarbonyl (C=S) groups is 1. The molecule has 34 heavy (non-hydrogen) atoms. The molecule has 0 atom stereocenters. The molecule has 3 aromatic rings. The number of thioether (sulfide) groups is 1. The van der Waals surface area contributed by atoms with Gasteiger partial charge in [0, 0.05) is 5.56 Å². The number of carbonyl (C=O) groups is 2. The molecule has 6 nitrogen and oxygen atoms in total. The topological polar surface area (TPSA) is 67.9 Å². The quantitative estimate of drug-likeness (QED) is 0.335. The Morgan fingerprint density at radius 2 is 1.79 bits per heavy atom. The van der Waals surface area contributed by atoms with Gasteiger partial charge in [0.25, 0.3) is 11.8 Å². The van der Waals surface area contributed by atoms with Gasteiger partial charge >= 0.3 is 0 Å². The number of rotatable bonds is 7. The summed E-state index contributed by atoms with van der Waals surface area (Å²) in [5, 5.41) is 1.41. The Kier molecular flexibility index (Phi) is 7.52. The average Bonchev–Trinajstić information content (AvgIpc) is 3.11. The van der Waals surface area contributed by atoms with Crippen molar-refractivity contribution >= 4 is 57.8 Å². The maximum Gasteiger partial charge on any atom is 0.285 e. The molecule has 0 aliphatic carbocycles. The van der Waals surface area contributed by atoms with Gasteiger partial charge < -0.3 is 9.47 Å². The summed E-state index contributed by atoms with van der Waals surface area (Å²) < 4.78 is 11.6. The second kappa shape index (κ2) is 10.7. The van der Waals surface area contributed by atoms with Crippen LogP contribution in [0.1, 0.15) is 21.5 Å². The number of benzene rings is 3. The number of hydrogen-bond acceptors (Lipinski definition) is 6. The van der Waals surface area contributed by atoms with Crippen LogP contribution in [0.4, 0.5) is 0 Å². The van der Waals surface area contributed by atoms with Gasteiger partial charge in [-0.15, -0.1) is 0 Å². The van der Waals surface area contributed by atoms with Crippen LogP contribution in [0, 0.1) is 0 Å². The average molecular weight is 511 g/mol. The smallest absolute Gasteiger partial charge is 0.285 e. The van der Waals surface area contributed by atoms with Gasteiger partial charge in [0.2, 0.25) is 0 Å². The van der Waals surface area contributed by atoms with Crippen LogP contribution < -0.4 is 14.9 Å². The minimum Gasteiger partial charge on any atom is -0.493 e. The second-order valence-electron chi connectivity index (χ2n) is 7.13. The van der Waals surface area contributed by atoms with Crippen LogP contribution in [-0.4, -0.2) is 28.3 Å². The Balaban J connectivity index is 1.51. The highest BCUT2D eigenvalue weighted by atomic mass is 35.5. The van der Waals surface area contributed by atoms with Crippen molar-refractivity contribution in [3.05, 3.63) is 99.4 Å². The van der Waals surface area contributed by atoms with E-state index in [0.717, 1.165) is 22.3 Å². The fourth-order valence-corrected chi connectivity index (χ4v) is 4.62. The third-order valence-electron chi connectivity index (χ3n) is 4.82. The van der Waals surface area contributed by atoms with Gasteiger partial charge in [-0.2, -0.15) is 5.01 Å². The van der Waals surface area contributed by atoms with Crippen molar-refractivity contribution in [1.82, 2.24) is 10.4 Å². The molecule has 172 valence electrons. The van der Waals surface area contributed by atoms with E-state index in [2.05, 4.69) is 5.43 Å². The van der Waals surface area contributed by atoms with Crippen molar-refractivity contribution < 1.29 is 19.1 Å². The maximum absolute atomic E-state index is 12.9. The van der Waals surface area contributed by atoms with Crippen LogP contribution in [0.3, 0.4) is 0 Å². The van der Waals surface area contributed by atoms with Gasteiger partial charge in [-0.25, -0.2) is 0 Å². The van der Waals surface area contributed by atoms with E-state index < -0.39 is 11.8 Å². The summed E-state index contributed by atoms with van der Waals surface area (Å²) in [5.74, 6) is -0.0167. The first-order chi connectivity index (χ1) is 16.5. The fraction of sp³-hybridized carbons (Fsp3) is 0.0800. The van der Waals surface area contributed by atoms with Crippen molar-refractivity contribution in [3.63, 3.8) is 0 Å². The van der Waals surface area contributed by atoms with Gasteiger partial charge in [-0.1, -0.05) is 71.9 Å². The number of nitrogens with one attached hydrogen (secondary N) is 1. The molecular weight excluding hydrogens is 492 g/mol. The number of hydrogen-bond donors (Lipinski definition) is 1. The normalized spacial score (nSPS) is 14.4. The Bertz CT molecular complexity index is 1270. The third kappa shape index (κ3) is 5.41. The molecule has 1 aliphatic rings. The van der Waals surface area contributed by atoms with E-state index in [4.69, 9.17) is 33.3 Å². The number of amides is 2. The van der Waals surface area contributed by atoms with Crippen LogP contribution in [0.25, 0.3) is 6.08 Å². The number of methoxy groups -OCH3 is 1. The Labute approximate surface area is 211 Å². The third-order valence-corrected chi connectivity index (χ3v) is 6.40. The molecule has 0 spiro atoms. The standard InChI is InChI=1S/C25H19ClN2O4S2/c1-31-20-13-17(12-19(26)22(20)32-15-16-8-4-2-5-9-16)14-21-24(30)28(25(33)34-21)27-23(29)18-10-6-3-7-11-18/h2-14H,15H2,1H3,(H,27,29)/b21-14-. The first kappa shape index (κ1) is 23.8. The number of nitrogens with zero attached hydrogens (tertiary/aromatic N) is 1. The molecular formula is C25H19ClN2O4S2. The Hall–Kier alpha value is -3.33. The molecule has 0 unspecified atom stereocenters. The number of halogens is 1. The zero-order chi connectivity index (χ0) is 24.1. The summed E-state index contributed by atoms with van der Waals surface area (Å²) >= 11 is 12.9. The summed E-state index contributed by atoms with van der Waals surface area (Å²) in [6.07, 6.45) is 1.64.